The molecule has 0 unspecified atom stereocenters. The Morgan fingerprint density at radius 2 is 2.28 bits per heavy atom. The van der Waals surface area contributed by atoms with Gasteiger partial charge in [-0.2, -0.15) is 5.10 Å². The standard InChI is InChI=1S/C12H11N5S/c1-17-7-9(6-14-17)10-8-18-12(15-10)16-11-4-2-3-5-13-11/h2-8H,1H3,(H,13,15,16). The minimum Gasteiger partial charge on any atom is -0.316 e. The summed E-state index contributed by atoms with van der Waals surface area (Å²) in [6.45, 7) is 0. The van der Waals surface area contributed by atoms with Gasteiger partial charge in [0, 0.05) is 30.4 Å². The molecule has 0 aliphatic heterocycles. The lowest BCUT2D eigenvalue weighted by Gasteiger charge is -1.99. The van der Waals surface area contributed by atoms with Crippen LogP contribution in [-0.4, -0.2) is 19.7 Å². The van der Waals surface area contributed by atoms with Crippen LogP contribution in [0.2, 0.25) is 0 Å². The molecular weight excluding hydrogens is 246 g/mol. The number of anilines is 2. The van der Waals surface area contributed by atoms with Gasteiger partial charge in [-0.15, -0.1) is 11.3 Å². The molecule has 6 heteroatoms. The van der Waals surface area contributed by atoms with E-state index in [1.54, 1.807) is 28.4 Å². The van der Waals surface area contributed by atoms with Crippen LogP contribution in [0.1, 0.15) is 0 Å². The van der Waals surface area contributed by atoms with Gasteiger partial charge in [-0.05, 0) is 12.1 Å². The molecule has 18 heavy (non-hydrogen) atoms. The van der Waals surface area contributed by atoms with E-state index in [0.29, 0.717) is 0 Å². The van der Waals surface area contributed by atoms with Crippen molar-refractivity contribution in [3.05, 3.63) is 42.2 Å². The Morgan fingerprint density at radius 1 is 1.33 bits per heavy atom. The summed E-state index contributed by atoms with van der Waals surface area (Å²) >= 11 is 1.55. The summed E-state index contributed by atoms with van der Waals surface area (Å²) in [6, 6.07) is 5.73. The first kappa shape index (κ1) is 10.9. The summed E-state index contributed by atoms with van der Waals surface area (Å²) in [7, 11) is 1.89. The first-order valence-corrected chi connectivity index (χ1v) is 6.32. The Morgan fingerprint density at radius 3 is 3.00 bits per heavy atom. The Labute approximate surface area is 108 Å². The van der Waals surface area contributed by atoms with Gasteiger partial charge in [0.1, 0.15) is 5.82 Å². The smallest absolute Gasteiger partial charge is 0.188 e. The number of rotatable bonds is 3. The van der Waals surface area contributed by atoms with Gasteiger partial charge in [0.15, 0.2) is 5.13 Å². The molecule has 0 aromatic carbocycles. The van der Waals surface area contributed by atoms with Crippen molar-refractivity contribution in [1.29, 1.82) is 0 Å². The van der Waals surface area contributed by atoms with Gasteiger partial charge in [-0.25, -0.2) is 9.97 Å². The predicted octanol–water partition coefficient (Wildman–Crippen LogP) is 2.68. The van der Waals surface area contributed by atoms with Gasteiger partial charge < -0.3 is 5.32 Å². The van der Waals surface area contributed by atoms with Crippen LogP contribution in [0.4, 0.5) is 10.9 Å². The minimum absolute atomic E-state index is 0.796. The summed E-state index contributed by atoms with van der Waals surface area (Å²) < 4.78 is 1.76. The molecule has 3 aromatic rings. The van der Waals surface area contributed by atoms with Gasteiger partial charge >= 0.3 is 0 Å². The van der Waals surface area contributed by atoms with Crippen LogP contribution in [-0.2, 0) is 7.05 Å². The third kappa shape index (κ3) is 2.23. The monoisotopic (exact) mass is 257 g/mol. The lowest BCUT2D eigenvalue weighted by Crippen LogP contribution is -1.91. The van der Waals surface area contributed by atoms with Gasteiger partial charge in [-0.3, -0.25) is 4.68 Å². The van der Waals surface area contributed by atoms with E-state index >= 15 is 0 Å². The maximum absolute atomic E-state index is 4.50. The fourth-order valence-corrected chi connectivity index (χ4v) is 2.29. The molecule has 0 saturated carbocycles. The number of aryl methyl sites for hydroxylation is 1. The van der Waals surface area contributed by atoms with Crippen LogP contribution in [0.3, 0.4) is 0 Å². The highest BCUT2D eigenvalue weighted by molar-refractivity contribution is 7.14. The summed E-state index contributed by atoms with van der Waals surface area (Å²) in [5.74, 6) is 0.796. The van der Waals surface area contributed by atoms with Gasteiger partial charge in [-0.1, -0.05) is 6.07 Å². The third-order valence-corrected chi connectivity index (χ3v) is 3.16. The Bertz CT molecular complexity index is 643. The number of thiazole rings is 1. The van der Waals surface area contributed by atoms with Gasteiger partial charge in [0.05, 0.1) is 11.9 Å². The van der Waals surface area contributed by atoms with E-state index in [1.165, 1.54) is 0 Å². The van der Waals surface area contributed by atoms with Crippen molar-refractivity contribution in [1.82, 2.24) is 19.7 Å². The van der Waals surface area contributed by atoms with Crippen molar-refractivity contribution < 1.29 is 0 Å². The summed E-state index contributed by atoms with van der Waals surface area (Å²) in [6.07, 6.45) is 5.50. The highest BCUT2D eigenvalue weighted by Gasteiger charge is 2.06. The average Bonchev–Trinajstić information content (AvgIpc) is 2.99. The molecular formula is C12H11N5S. The second-order valence-electron chi connectivity index (χ2n) is 3.78. The molecule has 1 N–H and O–H groups in total. The molecule has 3 heterocycles. The second kappa shape index (κ2) is 4.58. The Balaban J connectivity index is 1.82. The normalized spacial score (nSPS) is 10.5. The molecule has 3 rings (SSSR count). The zero-order valence-electron chi connectivity index (χ0n) is 9.74. The summed E-state index contributed by atoms with van der Waals surface area (Å²) in [5, 5.41) is 10.1. The SMILES string of the molecule is Cn1cc(-c2csc(Nc3ccccn3)n2)cn1. The number of nitrogens with zero attached hydrogens (tertiary/aromatic N) is 4. The van der Waals surface area contributed by atoms with E-state index in [-0.39, 0.29) is 0 Å². The first-order valence-electron chi connectivity index (χ1n) is 5.44. The van der Waals surface area contributed by atoms with Crippen molar-refractivity contribution in [2.45, 2.75) is 0 Å². The molecule has 3 aromatic heterocycles. The van der Waals surface area contributed by atoms with Crippen LogP contribution in [0.25, 0.3) is 11.3 Å². The topological polar surface area (TPSA) is 55.6 Å². The van der Waals surface area contributed by atoms with Crippen LogP contribution >= 0.6 is 11.3 Å². The third-order valence-electron chi connectivity index (χ3n) is 2.40. The van der Waals surface area contributed by atoms with Gasteiger partial charge in [0.2, 0.25) is 0 Å². The average molecular weight is 257 g/mol. The number of hydrogen-bond donors (Lipinski definition) is 1. The van der Waals surface area contributed by atoms with E-state index in [9.17, 15) is 0 Å². The zero-order chi connectivity index (χ0) is 12.4. The molecule has 0 spiro atoms. The molecule has 0 aliphatic carbocycles. The maximum Gasteiger partial charge on any atom is 0.188 e. The molecule has 0 radical (unpaired) electrons. The molecule has 0 saturated heterocycles. The quantitative estimate of drug-likeness (QED) is 0.783. The molecule has 90 valence electrons. The molecule has 0 atom stereocenters. The largest absolute Gasteiger partial charge is 0.316 e. The fraction of sp³-hybridized carbons (Fsp3) is 0.0833. The van der Waals surface area contributed by atoms with E-state index < -0.39 is 0 Å². The minimum atomic E-state index is 0.796. The highest BCUT2D eigenvalue weighted by atomic mass is 32.1. The van der Waals surface area contributed by atoms with Crippen molar-refractivity contribution in [2.24, 2.45) is 7.05 Å². The van der Waals surface area contributed by atoms with Crippen molar-refractivity contribution in [2.75, 3.05) is 5.32 Å². The van der Waals surface area contributed by atoms with E-state index in [2.05, 4.69) is 20.4 Å². The van der Waals surface area contributed by atoms with E-state index in [1.807, 2.05) is 36.8 Å². The highest BCUT2D eigenvalue weighted by Crippen LogP contribution is 2.25. The fourth-order valence-electron chi connectivity index (χ4n) is 1.56. The Kier molecular flexibility index (Phi) is 2.77. The lowest BCUT2D eigenvalue weighted by molar-refractivity contribution is 0.768. The summed E-state index contributed by atoms with van der Waals surface area (Å²) in [4.78, 5) is 8.70. The zero-order valence-corrected chi connectivity index (χ0v) is 10.6. The van der Waals surface area contributed by atoms with Crippen LogP contribution in [0.5, 0.6) is 0 Å². The van der Waals surface area contributed by atoms with Crippen molar-refractivity contribution in [3.63, 3.8) is 0 Å². The van der Waals surface area contributed by atoms with Crippen LogP contribution in [0, 0.1) is 0 Å². The van der Waals surface area contributed by atoms with Crippen LogP contribution in [0.15, 0.2) is 42.2 Å². The first-order chi connectivity index (χ1) is 8.81. The summed E-state index contributed by atoms with van der Waals surface area (Å²) in [5.41, 5.74) is 1.94. The second-order valence-corrected chi connectivity index (χ2v) is 4.64. The van der Waals surface area contributed by atoms with E-state index in [4.69, 9.17) is 0 Å². The predicted molar refractivity (Wildman–Crippen MR) is 71.8 cm³/mol. The lowest BCUT2D eigenvalue weighted by atomic mass is 10.3. The van der Waals surface area contributed by atoms with Crippen molar-refractivity contribution in [3.8, 4) is 11.3 Å². The Hall–Kier alpha value is -2.21. The molecule has 0 fully saturated rings. The number of hydrogen-bond acceptors (Lipinski definition) is 5. The molecule has 0 amide bonds. The molecule has 0 aliphatic rings. The van der Waals surface area contributed by atoms with Crippen molar-refractivity contribution >= 4 is 22.3 Å². The molecule has 0 bridgehead atoms. The van der Waals surface area contributed by atoms with E-state index in [0.717, 1.165) is 22.2 Å². The van der Waals surface area contributed by atoms with Crippen LogP contribution < -0.4 is 5.32 Å². The number of nitrogens with one attached hydrogen (secondary N) is 1. The maximum atomic E-state index is 4.50. The van der Waals surface area contributed by atoms with Gasteiger partial charge in [0.25, 0.3) is 0 Å². The molecule has 5 nitrogen and oxygen atoms in total. The number of aromatic nitrogens is 4. The number of pyridine rings is 1.